The van der Waals surface area contributed by atoms with E-state index in [0.717, 1.165) is 5.32 Å². The molecule has 0 amide bonds. The van der Waals surface area contributed by atoms with E-state index in [-0.39, 0.29) is 72.8 Å². The van der Waals surface area contributed by atoms with Crippen LogP contribution in [0.3, 0.4) is 0 Å². The summed E-state index contributed by atoms with van der Waals surface area (Å²) >= 11 is 0.279. The number of carboxylic acid groups (broad SMARTS) is 1. The molecule has 0 radical (unpaired) electrons. The number of hydrogen-bond acceptors (Lipinski definition) is 2. The molecular formula is C9H9KO2Se. The van der Waals surface area contributed by atoms with Gasteiger partial charge in [-0.15, -0.1) is 0 Å². The van der Waals surface area contributed by atoms with Gasteiger partial charge in [0.05, 0.1) is 0 Å². The average Bonchev–Trinajstić information content (AvgIpc) is 2.05. The second-order valence-electron chi connectivity index (χ2n) is 2.28. The predicted molar refractivity (Wildman–Crippen MR) is 46.3 cm³/mol. The molecule has 0 N–H and O–H groups in total. The molecule has 0 aliphatic carbocycles. The van der Waals surface area contributed by atoms with E-state index >= 15 is 0 Å². The summed E-state index contributed by atoms with van der Waals surface area (Å²) in [6.07, 6.45) is 0.175. The third kappa shape index (κ3) is 6.86. The van der Waals surface area contributed by atoms with Gasteiger partial charge in [0.2, 0.25) is 0 Å². The van der Waals surface area contributed by atoms with Crippen molar-refractivity contribution in [3.05, 3.63) is 30.3 Å². The molecule has 1 aromatic carbocycles. The smallest absolute Gasteiger partial charge is 1.00 e. The molecule has 0 spiro atoms. The maximum absolute atomic E-state index is 10.1. The molecule has 0 atom stereocenters. The molecule has 0 bridgehead atoms. The fourth-order valence-corrected chi connectivity index (χ4v) is 2.56. The molecule has 0 saturated carbocycles. The Balaban J connectivity index is 0.00000144. The minimum atomic E-state index is -0.951. The van der Waals surface area contributed by atoms with Crippen molar-refractivity contribution in [1.82, 2.24) is 0 Å². The van der Waals surface area contributed by atoms with Crippen LogP contribution in [0, 0.1) is 0 Å². The van der Waals surface area contributed by atoms with Crippen LogP contribution in [0.5, 0.6) is 0 Å². The molecule has 0 fully saturated rings. The van der Waals surface area contributed by atoms with Crippen molar-refractivity contribution in [3.8, 4) is 0 Å². The zero-order valence-corrected chi connectivity index (χ0v) is 12.4. The second-order valence-corrected chi connectivity index (χ2v) is 4.73. The summed E-state index contributed by atoms with van der Waals surface area (Å²) in [6.45, 7) is 0. The van der Waals surface area contributed by atoms with Crippen LogP contribution in [-0.4, -0.2) is 20.9 Å². The number of rotatable bonds is 4. The number of carbonyl (C=O) groups excluding carboxylic acids is 1. The van der Waals surface area contributed by atoms with E-state index in [0.29, 0.717) is 0 Å². The fourth-order valence-electron chi connectivity index (χ4n) is 0.769. The van der Waals surface area contributed by atoms with Crippen LogP contribution in [0.2, 0.25) is 5.32 Å². The van der Waals surface area contributed by atoms with Gasteiger partial charge in [-0.25, -0.2) is 0 Å². The zero-order valence-electron chi connectivity index (χ0n) is 7.53. The molecule has 0 saturated heterocycles. The molecule has 0 aliphatic heterocycles. The third-order valence-electron chi connectivity index (χ3n) is 1.32. The maximum atomic E-state index is 10.1. The molecule has 2 nitrogen and oxygen atoms in total. The Hall–Kier alpha value is 0.846. The van der Waals surface area contributed by atoms with Crippen LogP contribution in [0.15, 0.2) is 30.3 Å². The number of benzene rings is 1. The molecule has 0 aromatic heterocycles. The number of aliphatic carboxylic acids is 1. The molecule has 64 valence electrons. The van der Waals surface area contributed by atoms with Crippen LogP contribution in [0.25, 0.3) is 0 Å². The molecule has 4 heteroatoms. The molecule has 0 unspecified atom stereocenters. The van der Waals surface area contributed by atoms with Gasteiger partial charge in [0, 0.05) is 0 Å². The van der Waals surface area contributed by atoms with Crippen LogP contribution >= 0.6 is 0 Å². The van der Waals surface area contributed by atoms with Crippen LogP contribution in [-0.2, 0) is 4.79 Å². The van der Waals surface area contributed by atoms with E-state index in [1.807, 2.05) is 30.3 Å². The molecule has 0 aliphatic rings. The minimum absolute atomic E-state index is 0. The van der Waals surface area contributed by atoms with Crippen LogP contribution in [0.1, 0.15) is 6.42 Å². The summed E-state index contributed by atoms with van der Waals surface area (Å²) in [5.41, 5.74) is 0. The van der Waals surface area contributed by atoms with Crippen molar-refractivity contribution in [2.45, 2.75) is 11.7 Å². The normalized spacial score (nSPS) is 8.92. The summed E-state index contributed by atoms with van der Waals surface area (Å²) in [5, 5.41) is 10.8. The van der Waals surface area contributed by atoms with Crippen molar-refractivity contribution < 1.29 is 61.3 Å². The third-order valence-corrected chi connectivity index (χ3v) is 3.45. The van der Waals surface area contributed by atoms with Gasteiger partial charge in [0.25, 0.3) is 0 Å². The van der Waals surface area contributed by atoms with Gasteiger partial charge >= 0.3 is 129 Å². The van der Waals surface area contributed by atoms with Gasteiger partial charge in [0.1, 0.15) is 0 Å². The fraction of sp³-hybridized carbons (Fsp3) is 0.222. The summed E-state index contributed by atoms with van der Waals surface area (Å²) in [7, 11) is 0. The Kier molecular flexibility index (Phi) is 8.71. The molecular weight excluding hydrogens is 258 g/mol. The van der Waals surface area contributed by atoms with Crippen LogP contribution < -0.4 is 61.0 Å². The van der Waals surface area contributed by atoms with Gasteiger partial charge in [-0.3, -0.25) is 0 Å². The van der Waals surface area contributed by atoms with Gasteiger partial charge in [-0.2, -0.15) is 0 Å². The Labute approximate surface area is 127 Å². The summed E-state index contributed by atoms with van der Waals surface area (Å²) in [5.74, 6) is -0.951. The van der Waals surface area contributed by atoms with E-state index in [1.54, 1.807) is 0 Å². The quantitative estimate of drug-likeness (QED) is 0.533. The number of hydrogen-bond donors (Lipinski definition) is 0. The van der Waals surface area contributed by atoms with Gasteiger partial charge in [0.15, 0.2) is 0 Å². The standard InChI is InChI=1S/C9H10O2Se.K/c10-9(11)6-7-12-8-4-2-1-3-5-8;/h1-5H,6-7H2,(H,10,11);/q;+1/p-1. The summed E-state index contributed by atoms with van der Waals surface area (Å²) in [6, 6.07) is 9.94. The SMILES string of the molecule is O=C([O-])CC[Se]c1ccccc1.[K+]. The first-order valence-electron chi connectivity index (χ1n) is 3.67. The van der Waals surface area contributed by atoms with Crippen molar-refractivity contribution in [2.75, 3.05) is 0 Å². The van der Waals surface area contributed by atoms with Gasteiger partial charge in [-0.1, -0.05) is 0 Å². The summed E-state index contributed by atoms with van der Waals surface area (Å²) in [4.78, 5) is 10.1. The maximum Gasteiger partial charge on any atom is 1.00 e. The molecule has 1 aromatic rings. The Bertz CT molecular complexity index is 251. The molecule has 1 rings (SSSR count). The predicted octanol–water partition coefficient (Wildman–Crippen LogP) is -3.42. The van der Waals surface area contributed by atoms with E-state index in [4.69, 9.17) is 0 Å². The average molecular weight is 267 g/mol. The van der Waals surface area contributed by atoms with Crippen molar-refractivity contribution in [2.24, 2.45) is 0 Å². The zero-order chi connectivity index (χ0) is 8.81. The van der Waals surface area contributed by atoms with Gasteiger partial charge in [-0.05, 0) is 0 Å². The Morgan fingerprint density at radius 3 is 2.46 bits per heavy atom. The minimum Gasteiger partial charge on any atom is 1.00 e. The van der Waals surface area contributed by atoms with E-state index in [2.05, 4.69) is 0 Å². The van der Waals surface area contributed by atoms with Crippen molar-refractivity contribution >= 4 is 25.4 Å². The molecule has 0 heterocycles. The summed E-state index contributed by atoms with van der Waals surface area (Å²) < 4.78 is 1.24. The van der Waals surface area contributed by atoms with Crippen molar-refractivity contribution in [1.29, 1.82) is 0 Å². The van der Waals surface area contributed by atoms with Gasteiger partial charge < -0.3 is 0 Å². The van der Waals surface area contributed by atoms with E-state index in [1.165, 1.54) is 4.46 Å². The van der Waals surface area contributed by atoms with Crippen molar-refractivity contribution in [3.63, 3.8) is 0 Å². The first-order valence-corrected chi connectivity index (χ1v) is 5.73. The van der Waals surface area contributed by atoms with Crippen LogP contribution in [0.4, 0.5) is 0 Å². The topological polar surface area (TPSA) is 40.1 Å². The first-order chi connectivity index (χ1) is 5.79. The Morgan fingerprint density at radius 2 is 1.92 bits per heavy atom. The molecule has 13 heavy (non-hydrogen) atoms. The number of carboxylic acids is 1. The largest absolute Gasteiger partial charge is 1.00 e. The second kappa shape index (κ2) is 8.18. The van der Waals surface area contributed by atoms with E-state index in [9.17, 15) is 9.90 Å². The first kappa shape index (κ1) is 13.8. The Morgan fingerprint density at radius 1 is 1.31 bits per heavy atom. The number of carbonyl (C=O) groups is 1. The monoisotopic (exact) mass is 268 g/mol. The van der Waals surface area contributed by atoms with E-state index < -0.39 is 5.97 Å².